The summed E-state index contributed by atoms with van der Waals surface area (Å²) in [5.41, 5.74) is 5.19. The van der Waals surface area contributed by atoms with Gasteiger partial charge in [-0.2, -0.15) is 5.10 Å². The molecule has 2 aromatic rings. The van der Waals surface area contributed by atoms with E-state index in [9.17, 15) is 4.79 Å². The Hall–Kier alpha value is -2.23. The Balaban J connectivity index is 2.40. The number of carbonyl (C=O) groups is 1. The van der Waals surface area contributed by atoms with Crippen molar-refractivity contribution in [2.24, 2.45) is 5.10 Å². The monoisotopic (exact) mass is 227 g/mol. The van der Waals surface area contributed by atoms with Crippen LogP contribution in [0.5, 0.6) is 0 Å². The van der Waals surface area contributed by atoms with Crippen molar-refractivity contribution in [3.05, 3.63) is 35.9 Å². The van der Waals surface area contributed by atoms with Crippen LogP contribution in [-0.4, -0.2) is 17.0 Å². The summed E-state index contributed by atoms with van der Waals surface area (Å²) in [6.07, 6.45) is 0.695. The van der Waals surface area contributed by atoms with Gasteiger partial charge in [0, 0.05) is 5.39 Å². The number of hydrazone groups is 1. The number of hydrogen-bond donors (Lipinski definition) is 1. The van der Waals surface area contributed by atoms with E-state index in [4.69, 9.17) is 0 Å². The maximum absolute atomic E-state index is 10.4. The van der Waals surface area contributed by atoms with E-state index in [1.807, 2.05) is 37.3 Å². The highest BCUT2D eigenvalue weighted by molar-refractivity contribution is 6.27. The van der Waals surface area contributed by atoms with Crippen LogP contribution < -0.4 is 5.43 Å². The molecule has 2 rings (SSSR count). The van der Waals surface area contributed by atoms with Gasteiger partial charge in [0.2, 0.25) is 0 Å². The first kappa shape index (κ1) is 11.3. The second-order valence-electron chi connectivity index (χ2n) is 3.82. The molecule has 86 valence electrons. The lowest BCUT2D eigenvalue weighted by Crippen LogP contribution is -2.00. The molecule has 0 aliphatic heterocycles. The summed E-state index contributed by atoms with van der Waals surface area (Å²) >= 11 is 0. The number of carbonyl (C=O) groups excluding carboxylic acids is 1. The number of pyridine rings is 1. The zero-order valence-electron chi connectivity index (χ0n) is 9.77. The van der Waals surface area contributed by atoms with Gasteiger partial charge in [-0.15, -0.1) is 0 Å². The van der Waals surface area contributed by atoms with E-state index in [-0.39, 0.29) is 0 Å². The van der Waals surface area contributed by atoms with Gasteiger partial charge < -0.3 is 0 Å². The zero-order valence-corrected chi connectivity index (χ0v) is 9.77. The molecule has 4 nitrogen and oxygen atoms in total. The van der Waals surface area contributed by atoms with Crippen LogP contribution in [0.4, 0.5) is 5.82 Å². The molecule has 0 atom stereocenters. The van der Waals surface area contributed by atoms with E-state index in [2.05, 4.69) is 15.5 Å². The molecule has 0 spiro atoms. The molecule has 1 N–H and O–H groups in total. The molecule has 1 heterocycles. The van der Waals surface area contributed by atoms with Crippen LogP contribution in [0.15, 0.2) is 35.4 Å². The third kappa shape index (κ3) is 2.47. The van der Waals surface area contributed by atoms with Gasteiger partial charge in [-0.25, -0.2) is 4.98 Å². The molecule has 0 aliphatic carbocycles. The highest BCUT2D eigenvalue weighted by Gasteiger charge is 2.01. The standard InChI is InChI=1S/C13H13N3O/c1-9-7-13(16-15-10(2)8-17)14-12-6-4-3-5-11(9)12/h3-8H,1-2H3,(H,14,16)/b15-10+. The molecule has 0 aliphatic rings. The van der Waals surface area contributed by atoms with Crippen LogP contribution >= 0.6 is 0 Å². The molecule has 0 fully saturated rings. The number of nitrogens with one attached hydrogen (secondary N) is 1. The third-order valence-electron chi connectivity index (χ3n) is 2.44. The number of nitrogens with zero attached hydrogens (tertiary/aromatic N) is 2. The van der Waals surface area contributed by atoms with Gasteiger partial charge in [0.1, 0.15) is 5.82 Å². The summed E-state index contributed by atoms with van der Waals surface area (Å²) in [5.74, 6) is 0.641. The number of aldehydes is 1. The van der Waals surface area contributed by atoms with Crippen molar-refractivity contribution >= 4 is 28.7 Å². The average molecular weight is 227 g/mol. The van der Waals surface area contributed by atoms with Crippen molar-refractivity contribution in [2.75, 3.05) is 5.43 Å². The number of fused-ring (bicyclic) bond motifs is 1. The van der Waals surface area contributed by atoms with E-state index in [1.165, 1.54) is 0 Å². The Kier molecular flexibility index (Phi) is 3.14. The largest absolute Gasteiger partial charge is 0.296 e. The van der Waals surface area contributed by atoms with Gasteiger partial charge in [0.05, 0.1) is 11.2 Å². The predicted octanol–water partition coefficient (Wildman–Crippen LogP) is 2.53. The van der Waals surface area contributed by atoms with Crippen LogP contribution in [0.3, 0.4) is 0 Å². The topological polar surface area (TPSA) is 54.4 Å². The van der Waals surface area contributed by atoms with Crippen LogP contribution in [0, 0.1) is 6.92 Å². The van der Waals surface area contributed by atoms with Gasteiger partial charge in [-0.05, 0) is 31.5 Å². The van der Waals surface area contributed by atoms with Crippen LogP contribution in [0.1, 0.15) is 12.5 Å². The van der Waals surface area contributed by atoms with Crippen molar-refractivity contribution in [3.63, 3.8) is 0 Å². The summed E-state index contributed by atoms with van der Waals surface area (Å²) in [6.45, 7) is 3.65. The number of benzene rings is 1. The first-order valence-electron chi connectivity index (χ1n) is 5.32. The first-order chi connectivity index (χ1) is 8.20. The molecule has 0 radical (unpaired) electrons. The summed E-state index contributed by atoms with van der Waals surface area (Å²) in [6, 6.07) is 9.81. The first-order valence-corrected chi connectivity index (χ1v) is 5.32. The fourth-order valence-electron chi connectivity index (χ4n) is 1.58. The minimum atomic E-state index is 0.387. The third-order valence-corrected chi connectivity index (χ3v) is 2.44. The molecule has 4 heteroatoms. The minimum Gasteiger partial charge on any atom is -0.296 e. The molecule has 0 amide bonds. The summed E-state index contributed by atoms with van der Waals surface area (Å²) in [7, 11) is 0. The Bertz CT molecular complexity index is 590. The molecule has 0 bridgehead atoms. The lowest BCUT2D eigenvalue weighted by atomic mass is 10.1. The number of para-hydroxylation sites is 1. The SMILES string of the molecule is C/C(C=O)=N\Nc1cc(C)c2ccccc2n1. The molecular weight excluding hydrogens is 214 g/mol. The molecule has 1 aromatic carbocycles. The molecule has 0 saturated carbocycles. The maximum atomic E-state index is 10.4. The molecule has 0 saturated heterocycles. The van der Waals surface area contributed by atoms with Crippen LogP contribution in [-0.2, 0) is 4.79 Å². The molecule has 1 aromatic heterocycles. The van der Waals surface area contributed by atoms with Gasteiger partial charge in [0.15, 0.2) is 6.29 Å². The number of hydrogen-bond acceptors (Lipinski definition) is 4. The average Bonchev–Trinajstić information content (AvgIpc) is 2.36. The van der Waals surface area contributed by atoms with Gasteiger partial charge in [-0.3, -0.25) is 10.2 Å². The van der Waals surface area contributed by atoms with E-state index < -0.39 is 0 Å². The molecule has 0 unspecified atom stereocenters. The second kappa shape index (κ2) is 4.74. The zero-order chi connectivity index (χ0) is 12.3. The van der Waals surface area contributed by atoms with Crippen molar-refractivity contribution < 1.29 is 4.79 Å². The maximum Gasteiger partial charge on any atom is 0.165 e. The lowest BCUT2D eigenvalue weighted by Gasteiger charge is -2.05. The smallest absolute Gasteiger partial charge is 0.165 e. The van der Waals surface area contributed by atoms with Crippen LogP contribution in [0.25, 0.3) is 10.9 Å². The quantitative estimate of drug-likeness (QED) is 0.498. The molecular formula is C13H13N3O. The second-order valence-corrected chi connectivity index (χ2v) is 3.82. The van der Waals surface area contributed by atoms with Crippen molar-refractivity contribution in [2.45, 2.75) is 13.8 Å². The van der Waals surface area contributed by atoms with E-state index in [0.29, 0.717) is 17.8 Å². The summed E-state index contributed by atoms with van der Waals surface area (Å²) < 4.78 is 0. The fourth-order valence-corrected chi connectivity index (χ4v) is 1.58. The number of aromatic nitrogens is 1. The van der Waals surface area contributed by atoms with E-state index in [1.54, 1.807) is 6.92 Å². The van der Waals surface area contributed by atoms with Gasteiger partial charge in [-0.1, -0.05) is 18.2 Å². The number of aryl methyl sites for hydroxylation is 1. The van der Waals surface area contributed by atoms with Crippen molar-refractivity contribution in [1.29, 1.82) is 0 Å². The Morgan fingerprint density at radius 3 is 2.94 bits per heavy atom. The minimum absolute atomic E-state index is 0.387. The Morgan fingerprint density at radius 1 is 1.41 bits per heavy atom. The number of rotatable bonds is 3. The van der Waals surface area contributed by atoms with Crippen LogP contribution in [0.2, 0.25) is 0 Å². The highest BCUT2D eigenvalue weighted by atomic mass is 16.1. The Morgan fingerprint density at radius 2 is 2.18 bits per heavy atom. The van der Waals surface area contributed by atoms with E-state index >= 15 is 0 Å². The fraction of sp³-hybridized carbons (Fsp3) is 0.154. The van der Waals surface area contributed by atoms with E-state index in [0.717, 1.165) is 16.5 Å². The van der Waals surface area contributed by atoms with Gasteiger partial charge in [0.25, 0.3) is 0 Å². The predicted molar refractivity (Wildman–Crippen MR) is 69.3 cm³/mol. The van der Waals surface area contributed by atoms with Gasteiger partial charge >= 0.3 is 0 Å². The normalized spacial score (nSPS) is 11.5. The Labute approximate surface area is 99.4 Å². The van der Waals surface area contributed by atoms with Crippen molar-refractivity contribution in [3.8, 4) is 0 Å². The highest BCUT2D eigenvalue weighted by Crippen LogP contribution is 2.19. The lowest BCUT2D eigenvalue weighted by molar-refractivity contribution is -0.102. The summed E-state index contributed by atoms with van der Waals surface area (Å²) in [5, 5.41) is 5.02. The molecule has 17 heavy (non-hydrogen) atoms. The van der Waals surface area contributed by atoms with Crippen molar-refractivity contribution in [1.82, 2.24) is 4.98 Å². The summed E-state index contributed by atoms with van der Waals surface area (Å²) in [4.78, 5) is 14.8. The number of anilines is 1.